The van der Waals surface area contributed by atoms with Gasteiger partial charge in [0.15, 0.2) is 0 Å². The van der Waals surface area contributed by atoms with Crippen LogP contribution < -0.4 is 11.1 Å². The smallest absolute Gasteiger partial charge is 0.131 e. The van der Waals surface area contributed by atoms with Gasteiger partial charge < -0.3 is 11.1 Å². The van der Waals surface area contributed by atoms with Gasteiger partial charge in [-0.3, -0.25) is 0 Å². The minimum atomic E-state index is 0.604. The van der Waals surface area contributed by atoms with Crippen LogP contribution in [0.15, 0.2) is 6.20 Å². The van der Waals surface area contributed by atoms with Crippen molar-refractivity contribution in [3.05, 3.63) is 17.7 Å². The van der Waals surface area contributed by atoms with Crippen molar-refractivity contribution in [2.24, 2.45) is 5.73 Å². The van der Waals surface area contributed by atoms with Gasteiger partial charge in [0, 0.05) is 18.4 Å². The summed E-state index contributed by atoms with van der Waals surface area (Å²) in [5.74, 6) is 2.35. The highest BCUT2D eigenvalue weighted by Gasteiger charge is 2.27. The number of nitrogens with one attached hydrogen (secondary N) is 1. The molecule has 3 N–H and O–H groups in total. The Labute approximate surface area is 121 Å². The predicted molar refractivity (Wildman–Crippen MR) is 82.0 cm³/mol. The molecule has 1 aromatic heterocycles. The van der Waals surface area contributed by atoms with Crippen LogP contribution in [0.25, 0.3) is 0 Å². The molecule has 2 aliphatic rings. The van der Waals surface area contributed by atoms with Gasteiger partial charge >= 0.3 is 0 Å². The molecular formula is C16H26N4. The van der Waals surface area contributed by atoms with E-state index in [0.29, 0.717) is 11.8 Å². The van der Waals surface area contributed by atoms with Crippen molar-refractivity contribution in [1.82, 2.24) is 9.97 Å². The molecule has 1 heterocycles. The minimum absolute atomic E-state index is 0.604. The Morgan fingerprint density at radius 1 is 1.10 bits per heavy atom. The largest absolute Gasteiger partial charge is 0.382 e. The summed E-state index contributed by atoms with van der Waals surface area (Å²) >= 11 is 0. The SMILES string of the molecule is NCCCNc1cnc(C2CCCC2)nc1C1CCC1. The highest BCUT2D eigenvalue weighted by molar-refractivity contribution is 5.48. The van der Waals surface area contributed by atoms with Crippen LogP contribution >= 0.6 is 0 Å². The van der Waals surface area contributed by atoms with E-state index in [1.807, 2.05) is 6.20 Å². The number of hydrogen-bond acceptors (Lipinski definition) is 4. The van der Waals surface area contributed by atoms with Gasteiger partial charge in [-0.15, -0.1) is 0 Å². The second-order valence-corrected chi connectivity index (χ2v) is 6.21. The molecule has 110 valence electrons. The summed E-state index contributed by atoms with van der Waals surface area (Å²) in [6.07, 6.45) is 12.1. The zero-order chi connectivity index (χ0) is 13.8. The molecule has 3 rings (SSSR count). The molecule has 0 unspecified atom stereocenters. The van der Waals surface area contributed by atoms with E-state index < -0.39 is 0 Å². The first-order valence-corrected chi connectivity index (χ1v) is 8.19. The van der Waals surface area contributed by atoms with Gasteiger partial charge in [0.1, 0.15) is 5.82 Å². The molecule has 0 bridgehead atoms. The molecule has 0 saturated heterocycles. The van der Waals surface area contributed by atoms with Crippen molar-refractivity contribution in [3.8, 4) is 0 Å². The summed E-state index contributed by atoms with van der Waals surface area (Å²) in [6.45, 7) is 1.65. The van der Waals surface area contributed by atoms with Gasteiger partial charge in [-0.25, -0.2) is 9.97 Å². The summed E-state index contributed by atoms with van der Waals surface area (Å²) in [6, 6.07) is 0. The first-order valence-electron chi connectivity index (χ1n) is 8.19. The number of nitrogens with zero attached hydrogens (tertiary/aromatic N) is 2. The summed E-state index contributed by atoms with van der Waals surface area (Å²) in [7, 11) is 0. The quantitative estimate of drug-likeness (QED) is 0.782. The second-order valence-electron chi connectivity index (χ2n) is 6.21. The van der Waals surface area contributed by atoms with Gasteiger partial charge in [0.2, 0.25) is 0 Å². The third kappa shape index (κ3) is 2.95. The fraction of sp³-hybridized carbons (Fsp3) is 0.750. The molecule has 2 saturated carbocycles. The lowest BCUT2D eigenvalue weighted by atomic mass is 9.82. The minimum Gasteiger partial charge on any atom is -0.382 e. The molecule has 0 aliphatic heterocycles. The molecule has 0 atom stereocenters. The van der Waals surface area contributed by atoms with Crippen LogP contribution in [0.1, 0.15) is 74.7 Å². The zero-order valence-corrected chi connectivity index (χ0v) is 12.3. The van der Waals surface area contributed by atoms with Crippen LogP contribution in [0.2, 0.25) is 0 Å². The summed E-state index contributed by atoms with van der Waals surface area (Å²) in [5.41, 5.74) is 7.98. The molecular weight excluding hydrogens is 248 g/mol. The molecule has 2 aliphatic carbocycles. The third-order valence-electron chi connectivity index (χ3n) is 4.75. The topological polar surface area (TPSA) is 63.8 Å². The summed E-state index contributed by atoms with van der Waals surface area (Å²) in [4.78, 5) is 9.59. The number of aromatic nitrogens is 2. The second kappa shape index (κ2) is 6.53. The van der Waals surface area contributed by atoms with Gasteiger partial charge in [-0.1, -0.05) is 19.3 Å². The van der Waals surface area contributed by atoms with Crippen LogP contribution in [-0.2, 0) is 0 Å². The van der Waals surface area contributed by atoms with E-state index in [9.17, 15) is 0 Å². The summed E-state index contributed by atoms with van der Waals surface area (Å²) < 4.78 is 0. The number of hydrogen-bond donors (Lipinski definition) is 2. The van der Waals surface area contributed by atoms with Crippen molar-refractivity contribution in [3.63, 3.8) is 0 Å². The number of anilines is 1. The maximum Gasteiger partial charge on any atom is 0.131 e. The Hall–Kier alpha value is -1.16. The van der Waals surface area contributed by atoms with Crippen LogP contribution in [0, 0.1) is 0 Å². The van der Waals surface area contributed by atoms with Crippen molar-refractivity contribution in [2.75, 3.05) is 18.4 Å². The van der Waals surface area contributed by atoms with Crippen LogP contribution in [0.3, 0.4) is 0 Å². The molecule has 4 heteroatoms. The molecule has 0 spiro atoms. The lowest BCUT2D eigenvalue weighted by Crippen LogP contribution is -2.18. The normalized spacial score (nSPS) is 20.1. The van der Waals surface area contributed by atoms with Crippen molar-refractivity contribution in [1.29, 1.82) is 0 Å². The molecule has 0 radical (unpaired) electrons. The average molecular weight is 274 g/mol. The Bertz CT molecular complexity index is 436. The van der Waals surface area contributed by atoms with E-state index in [4.69, 9.17) is 10.7 Å². The van der Waals surface area contributed by atoms with E-state index in [-0.39, 0.29) is 0 Å². The lowest BCUT2D eigenvalue weighted by Gasteiger charge is -2.27. The average Bonchev–Trinajstić information content (AvgIpc) is 2.92. The van der Waals surface area contributed by atoms with Crippen molar-refractivity contribution < 1.29 is 0 Å². The van der Waals surface area contributed by atoms with Crippen molar-refractivity contribution >= 4 is 5.69 Å². The Balaban J connectivity index is 1.77. The molecule has 20 heavy (non-hydrogen) atoms. The van der Waals surface area contributed by atoms with E-state index in [2.05, 4.69) is 10.3 Å². The molecule has 2 fully saturated rings. The summed E-state index contributed by atoms with van der Waals surface area (Å²) in [5, 5.41) is 3.48. The number of rotatable bonds is 6. The van der Waals surface area contributed by atoms with Gasteiger partial charge in [0.25, 0.3) is 0 Å². The Kier molecular flexibility index (Phi) is 4.51. The standard InChI is InChI=1S/C16H26N4/c17-9-4-10-18-14-11-19-16(13-5-1-2-6-13)20-15(14)12-7-3-8-12/h11-13,18H,1-10,17H2. The lowest BCUT2D eigenvalue weighted by molar-refractivity contribution is 0.409. The van der Waals surface area contributed by atoms with Gasteiger partial charge in [-0.2, -0.15) is 0 Å². The van der Waals surface area contributed by atoms with Gasteiger partial charge in [-0.05, 0) is 38.6 Å². The highest BCUT2D eigenvalue weighted by atomic mass is 15.0. The maximum absolute atomic E-state index is 5.56. The van der Waals surface area contributed by atoms with Crippen LogP contribution in [-0.4, -0.2) is 23.1 Å². The first kappa shape index (κ1) is 13.8. The van der Waals surface area contributed by atoms with Crippen LogP contribution in [0.4, 0.5) is 5.69 Å². The monoisotopic (exact) mass is 274 g/mol. The Morgan fingerprint density at radius 2 is 1.85 bits per heavy atom. The first-order chi connectivity index (χ1) is 9.88. The highest BCUT2D eigenvalue weighted by Crippen LogP contribution is 2.40. The Morgan fingerprint density at radius 3 is 2.50 bits per heavy atom. The predicted octanol–water partition coefficient (Wildman–Crippen LogP) is 3.16. The molecule has 1 aromatic rings. The fourth-order valence-corrected chi connectivity index (χ4v) is 3.24. The number of nitrogens with two attached hydrogens (primary N) is 1. The third-order valence-corrected chi connectivity index (χ3v) is 4.75. The van der Waals surface area contributed by atoms with E-state index in [0.717, 1.165) is 31.0 Å². The zero-order valence-electron chi connectivity index (χ0n) is 12.3. The fourth-order valence-electron chi connectivity index (χ4n) is 3.24. The molecule has 0 amide bonds. The van der Waals surface area contributed by atoms with Gasteiger partial charge in [0.05, 0.1) is 17.6 Å². The van der Waals surface area contributed by atoms with Crippen LogP contribution in [0.5, 0.6) is 0 Å². The van der Waals surface area contributed by atoms with E-state index in [1.54, 1.807) is 0 Å². The molecule has 4 nitrogen and oxygen atoms in total. The van der Waals surface area contributed by atoms with E-state index >= 15 is 0 Å². The maximum atomic E-state index is 5.56. The van der Waals surface area contributed by atoms with E-state index in [1.165, 1.54) is 50.6 Å². The van der Waals surface area contributed by atoms with Crippen molar-refractivity contribution in [2.45, 2.75) is 63.2 Å². The molecule has 0 aromatic carbocycles.